The standard InChI is InChI=1S/C17H19N3O2/c21-17(19-12-15-7-4-10-22-15)16-9-8-14(11-18-16)20-13-5-2-1-3-6-13/h1-3,5-6,8-9,11,15,20H,4,7,10,12H2,(H,19,21). The highest BCUT2D eigenvalue weighted by atomic mass is 16.5. The Bertz CT molecular complexity index is 608. The molecule has 1 unspecified atom stereocenters. The van der Waals surface area contributed by atoms with Gasteiger partial charge in [0.2, 0.25) is 0 Å². The summed E-state index contributed by atoms with van der Waals surface area (Å²) in [5, 5.41) is 6.10. The summed E-state index contributed by atoms with van der Waals surface area (Å²) in [6, 6.07) is 13.4. The normalized spacial score (nSPS) is 17.2. The van der Waals surface area contributed by atoms with Gasteiger partial charge in [0.05, 0.1) is 18.0 Å². The first-order valence-corrected chi connectivity index (χ1v) is 7.49. The number of hydrogen-bond donors (Lipinski definition) is 2. The predicted octanol–water partition coefficient (Wildman–Crippen LogP) is 2.73. The lowest BCUT2D eigenvalue weighted by Gasteiger charge is -2.11. The van der Waals surface area contributed by atoms with E-state index in [1.165, 1.54) is 0 Å². The molecule has 1 aliphatic heterocycles. The van der Waals surface area contributed by atoms with Crippen LogP contribution in [-0.4, -0.2) is 30.1 Å². The van der Waals surface area contributed by atoms with Crippen LogP contribution in [0.15, 0.2) is 48.7 Å². The fraction of sp³-hybridized carbons (Fsp3) is 0.294. The molecule has 22 heavy (non-hydrogen) atoms. The Morgan fingerprint density at radius 2 is 2.05 bits per heavy atom. The van der Waals surface area contributed by atoms with Crippen LogP contribution in [0.4, 0.5) is 11.4 Å². The molecule has 0 saturated carbocycles. The Balaban J connectivity index is 1.55. The van der Waals surface area contributed by atoms with Gasteiger partial charge in [-0.25, -0.2) is 4.98 Å². The van der Waals surface area contributed by atoms with Crippen molar-refractivity contribution < 1.29 is 9.53 Å². The highest BCUT2D eigenvalue weighted by Gasteiger charge is 2.16. The Morgan fingerprint density at radius 3 is 2.73 bits per heavy atom. The van der Waals surface area contributed by atoms with Gasteiger partial charge in [0.25, 0.3) is 5.91 Å². The van der Waals surface area contributed by atoms with E-state index < -0.39 is 0 Å². The van der Waals surface area contributed by atoms with Gasteiger partial charge in [0, 0.05) is 18.8 Å². The molecule has 1 amide bonds. The Kier molecular flexibility index (Phi) is 4.65. The number of aromatic nitrogens is 1. The first-order chi connectivity index (χ1) is 10.8. The number of para-hydroxylation sites is 1. The molecule has 1 saturated heterocycles. The summed E-state index contributed by atoms with van der Waals surface area (Å²) in [6.45, 7) is 1.34. The Hall–Kier alpha value is -2.40. The number of nitrogens with zero attached hydrogens (tertiary/aromatic N) is 1. The highest BCUT2D eigenvalue weighted by molar-refractivity contribution is 5.92. The van der Waals surface area contributed by atoms with Crippen molar-refractivity contribution in [2.24, 2.45) is 0 Å². The molecule has 5 nitrogen and oxygen atoms in total. The number of carbonyl (C=O) groups excluding carboxylic acids is 1. The topological polar surface area (TPSA) is 63.2 Å². The van der Waals surface area contributed by atoms with E-state index >= 15 is 0 Å². The molecule has 1 aromatic heterocycles. The van der Waals surface area contributed by atoms with Crippen molar-refractivity contribution in [3.63, 3.8) is 0 Å². The van der Waals surface area contributed by atoms with Crippen molar-refractivity contribution in [1.82, 2.24) is 10.3 Å². The fourth-order valence-electron chi connectivity index (χ4n) is 2.39. The molecule has 1 aliphatic rings. The smallest absolute Gasteiger partial charge is 0.269 e. The van der Waals surface area contributed by atoms with Crippen molar-refractivity contribution >= 4 is 17.3 Å². The Labute approximate surface area is 129 Å². The molecule has 1 atom stereocenters. The maximum Gasteiger partial charge on any atom is 0.269 e. The van der Waals surface area contributed by atoms with Gasteiger partial charge < -0.3 is 15.4 Å². The van der Waals surface area contributed by atoms with Crippen LogP contribution in [0, 0.1) is 0 Å². The summed E-state index contributed by atoms with van der Waals surface area (Å²) in [5.41, 5.74) is 2.25. The number of benzene rings is 1. The predicted molar refractivity (Wildman–Crippen MR) is 85.3 cm³/mol. The molecule has 2 heterocycles. The van der Waals surface area contributed by atoms with Gasteiger partial charge in [-0.1, -0.05) is 18.2 Å². The minimum absolute atomic E-state index is 0.142. The molecule has 2 N–H and O–H groups in total. The molecule has 1 fully saturated rings. The zero-order chi connectivity index (χ0) is 15.2. The van der Waals surface area contributed by atoms with Crippen LogP contribution in [0.2, 0.25) is 0 Å². The summed E-state index contributed by atoms with van der Waals surface area (Å²) in [5.74, 6) is -0.165. The number of nitrogens with one attached hydrogen (secondary N) is 2. The second-order valence-corrected chi connectivity index (χ2v) is 5.27. The van der Waals surface area contributed by atoms with E-state index in [2.05, 4.69) is 15.6 Å². The molecule has 5 heteroatoms. The third-order valence-corrected chi connectivity index (χ3v) is 3.57. The summed E-state index contributed by atoms with van der Waals surface area (Å²) >= 11 is 0. The number of hydrogen-bond acceptors (Lipinski definition) is 4. The van der Waals surface area contributed by atoms with E-state index in [-0.39, 0.29) is 12.0 Å². The van der Waals surface area contributed by atoms with Gasteiger partial charge in [0.15, 0.2) is 0 Å². The maximum atomic E-state index is 12.0. The van der Waals surface area contributed by atoms with Crippen molar-refractivity contribution in [2.45, 2.75) is 18.9 Å². The highest BCUT2D eigenvalue weighted by Crippen LogP contribution is 2.15. The first kappa shape index (κ1) is 14.5. The molecule has 0 bridgehead atoms. The number of anilines is 2. The van der Waals surface area contributed by atoms with Crippen molar-refractivity contribution in [3.05, 3.63) is 54.4 Å². The summed E-state index contributed by atoms with van der Waals surface area (Å²) in [4.78, 5) is 16.2. The zero-order valence-corrected chi connectivity index (χ0v) is 12.3. The van der Waals surface area contributed by atoms with Crippen LogP contribution in [0.25, 0.3) is 0 Å². The van der Waals surface area contributed by atoms with Crippen LogP contribution in [0.5, 0.6) is 0 Å². The quantitative estimate of drug-likeness (QED) is 0.890. The molecule has 114 valence electrons. The molecule has 1 aromatic carbocycles. The molecule has 0 spiro atoms. The fourth-order valence-corrected chi connectivity index (χ4v) is 2.39. The van der Waals surface area contributed by atoms with E-state index in [9.17, 15) is 4.79 Å². The van der Waals surface area contributed by atoms with Gasteiger partial charge in [-0.3, -0.25) is 4.79 Å². The van der Waals surface area contributed by atoms with Crippen molar-refractivity contribution in [2.75, 3.05) is 18.5 Å². The zero-order valence-electron chi connectivity index (χ0n) is 12.3. The van der Waals surface area contributed by atoms with E-state index in [1.54, 1.807) is 12.3 Å². The molecular formula is C17H19N3O2. The van der Waals surface area contributed by atoms with Gasteiger partial charge in [-0.15, -0.1) is 0 Å². The second kappa shape index (κ2) is 7.04. The van der Waals surface area contributed by atoms with Crippen LogP contribution >= 0.6 is 0 Å². The number of carbonyl (C=O) groups is 1. The molecule has 3 rings (SSSR count). The van der Waals surface area contributed by atoms with Crippen molar-refractivity contribution in [3.8, 4) is 0 Å². The molecular weight excluding hydrogens is 278 g/mol. The molecule has 0 radical (unpaired) electrons. The van der Waals surface area contributed by atoms with Crippen LogP contribution in [0.3, 0.4) is 0 Å². The minimum atomic E-state index is -0.165. The third kappa shape index (κ3) is 3.83. The summed E-state index contributed by atoms with van der Waals surface area (Å²) in [7, 11) is 0. The van der Waals surface area contributed by atoms with Gasteiger partial charge in [-0.2, -0.15) is 0 Å². The largest absolute Gasteiger partial charge is 0.376 e. The average molecular weight is 297 g/mol. The average Bonchev–Trinajstić information content (AvgIpc) is 3.08. The lowest BCUT2D eigenvalue weighted by atomic mass is 10.2. The lowest BCUT2D eigenvalue weighted by molar-refractivity contribution is 0.0854. The lowest BCUT2D eigenvalue weighted by Crippen LogP contribution is -2.32. The number of amides is 1. The monoisotopic (exact) mass is 297 g/mol. The molecule has 0 aliphatic carbocycles. The minimum Gasteiger partial charge on any atom is -0.376 e. The third-order valence-electron chi connectivity index (χ3n) is 3.57. The first-order valence-electron chi connectivity index (χ1n) is 7.49. The Morgan fingerprint density at radius 1 is 1.18 bits per heavy atom. The van der Waals surface area contributed by atoms with Gasteiger partial charge in [-0.05, 0) is 37.1 Å². The van der Waals surface area contributed by atoms with Gasteiger partial charge >= 0.3 is 0 Å². The maximum absolute atomic E-state index is 12.0. The molecule has 2 aromatic rings. The van der Waals surface area contributed by atoms with Crippen molar-refractivity contribution in [1.29, 1.82) is 0 Å². The summed E-state index contributed by atoms with van der Waals surface area (Å²) < 4.78 is 5.48. The van der Waals surface area contributed by atoms with Crippen LogP contribution in [-0.2, 0) is 4.74 Å². The van der Waals surface area contributed by atoms with E-state index in [4.69, 9.17) is 4.74 Å². The number of rotatable bonds is 5. The van der Waals surface area contributed by atoms with Gasteiger partial charge in [0.1, 0.15) is 5.69 Å². The van der Waals surface area contributed by atoms with E-state index in [0.717, 1.165) is 30.8 Å². The SMILES string of the molecule is O=C(NCC1CCCO1)c1ccc(Nc2ccccc2)cn1. The van der Waals surface area contributed by atoms with Crippen LogP contribution in [0.1, 0.15) is 23.3 Å². The summed E-state index contributed by atoms with van der Waals surface area (Å²) in [6.07, 6.45) is 3.88. The van der Waals surface area contributed by atoms with E-state index in [1.807, 2.05) is 36.4 Å². The number of ether oxygens (including phenoxy) is 1. The second-order valence-electron chi connectivity index (χ2n) is 5.27. The van der Waals surface area contributed by atoms with Crippen LogP contribution < -0.4 is 10.6 Å². The number of pyridine rings is 1. The van der Waals surface area contributed by atoms with E-state index in [0.29, 0.717) is 12.2 Å².